The predicted octanol–water partition coefficient (Wildman–Crippen LogP) is 1.74. The van der Waals surface area contributed by atoms with E-state index in [9.17, 15) is 14.7 Å². The largest absolute Gasteiger partial charge is 0.480 e. The second kappa shape index (κ2) is 5.02. The molecule has 0 fully saturated rings. The van der Waals surface area contributed by atoms with Crippen molar-refractivity contribution in [2.75, 3.05) is 4.90 Å². The molecule has 1 heterocycles. The minimum Gasteiger partial charge on any atom is -0.480 e. The number of rotatable bonds is 3. The van der Waals surface area contributed by atoms with Gasteiger partial charge in [0.2, 0.25) is 5.91 Å². The summed E-state index contributed by atoms with van der Waals surface area (Å²) >= 11 is 4.19. The fourth-order valence-corrected chi connectivity index (χ4v) is 2.40. The van der Waals surface area contributed by atoms with Crippen molar-refractivity contribution in [3.63, 3.8) is 0 Å². The Morgan fingerprint density at radius 2 is 2.17 bits per heavy atom. The van der Waals surface area contributed by atoms with Crippen LogP contribution in [-0.4, -0.2) is 28.3 Å². The highest BCUT2D eigenvalue weighted by Crippen LogP contribution is 2.32. The van der Waals surface area contributed by atoms with Crippen LogP contribution in [0.3, 0.4) is 0 Å². The summed E-state index contributed by atoms with van der Waals surface area (Å²) in [6, 6.07) is 6.53. The van der Waals surface area contributed by atoms with E-state index in [4.69, 9.17) is 0 Å². The van der Waals surface area contributed by atoms with E-state index in [0.29, 0.717) is 12.1 Å². The number of carboxylic acid groups (broad SMARTS) is 1. The quantitative estimate of drug-likeness (QED) is 0.818. The molecule has 0 saturated carbocycles. The van der Waals surface area contributed by atoms with Crippen LogP contribution in [0, 0.1) is 0 Å². The number of para-hydroxylation sites is 1. The Labute approximate surface area is 111 Å². The van der Waals surface area contributed by atoms with Gasteiger partial charge in [-0.1, -0.05) is 25.1 Å². The van der Waals surface area contributed by atoms with Crippen LogP contribution in [0.4, 0.5) is 5.69 Å². The molecule has 4 nitrogen and oxygen atoms in total. The van der Waals surface area contributed by atoms with Crippen molar-refractivity contribution in [1.82, 2.24) is 0 Å². The lowest BCUT2D eigenvalue weighted by Gasteiger charge is -2.23. The first-order valence-corrected chi connectivity index (χ1v) is 6.33. The maximum absolute atomic E-state index is 12.1. The first kappa shape index (κ1) is 13.0. The van der Waals surface area contributed by atoms with Gasteiger partial charge in [0, 0.05) is 23.8 Å². The summed E-state index contributed by atoms with van der Waals surface area (Å²) in [6.07, 6.45) is 0.611. The Balaban J connectivity index is 2.34. The molecule has 2 atom stereocenters. The second-order valence-electron chi connectivity index (χ2n) is 4.50. The summed E-state index contributed by atoms with van der Waals surface area (Å²) in [5.74, 6) is -1.15. The average Bonchev–Trinajstić information content (AvgIpc) is 2.67. The fourth-order valence-electron chi connectivity index (χ4n) is 2.24. The Morgan fingerprint density at radius 3 is 2.78 bits per heavy atom. The van der Waals surface area contributed by atoms with Gasteiger partial charge in [0.25, 0.3) is 0 Å². The number of carboxylic acids is 1. The van der Waals surface area contributed by atoms with Crippen LogP contribution in [0.25, 0.3) is 0 Å². The molecule has 1 aromatic rings. The number of nitrogens with zero attached hydrogens (tertiary/aromatic N) is 1. The molecule has 1 aliphatic rings. The Hall–Kier alpha value is -1.49. The predicted molar refractivity (Wildman–Crippen MR) is 72.1 cm³/mol. The zero-order valence-electron chi connectivity index (χ0n) is 10.0. The van der Waals surface area contributed by atoms with Gasteiger partial charge < -0.3 is 5.11 Å². The molecule has 0 saturated heterocycles. The standard InChI is InChI=1S/C13H15NO3S/c1-8(18)6-12(15)14-10-5-3-2-4-9(10)7-11(14)13(16)17/h2-5,8,11,18H,6-7H2,1H3,(H,16,17). The van der Waals surface area contributed by atoms with Crippen LogP contribution in [0.2, 0.25) is 0 Å². The summed E-state index contributed by atoms with van der Waals surface area (Å²) in [5, 5.41) is 9.14. The number of amides is 1. The zero-order chi connectivity index (χ0) is 13.3. The third kappa shape index (κ3) is 2.36. The molecule has 18 heavy (non-hydrogen) atoms. The van der Waals surface area contributed by atoms with Gasteiger partial charge in [-0.3, -0.25) is 9.69 Å². The van der Waals surface area contributed by atoms with E-state index in [1.54, 1.807) is 6.07 Å². The van der Waals surface area contributed by atoms with Crippen LogP contribution in [0.1, 0.15) is 18.9 Å². The van der Waals surface area contributed by atoms with E-state index in [1.165, 1.54) is 4.90 Å². The highest BCUT2D eigenvalue weighted by Gasteiger charge is 2.37. The lowest BCUT2D eigenvalue weighted by Crippen LogP contribution is -2.43. The molecular formula is C13H15NO3S. The minimum atomic E-state index is -0.966. The lowest BCUT2D eigenvalue weighted by atomic mass is 10.1. The van der Waals surface area contributed by atoms with Crippen LogP contribution in [-0.2, 0) is 16.0 Å². The van der Waals surface area contributed by atoms with Crippen molar-refractivity contribution < 1.29 is 14.7 Å². The number of carbonyl (C=O) groups is 2. The van der Waals surface area contributed by atoms with E-state index in [0.717, 1.165) is 5.56 Å². The monoisotopic (exact) mass is 265 g/mol. The number of carbonyl (C=O) groups excluding carboxylic acids is 1. The van der Waals surface area contributed by atoms with Crippen molar-refractivity contribution >= 4 is 30.2 Å². The normalized spacial score (nSPS) is 19.4. The molecule has 5 heteroatoms. The van der Waals surface area contributed by atoms with Gasteiger partial charge in [0.05, 0.1) is 0 Å². The number of benzene rings is 1. The molecule has 0 radical (unpaired) electrons. The number of hydrogen-bond donors (Lipinski definition) is 2. The topological polar surface area (TPSA) is 57.6 Å². The van der Waals surface area contributed by atoms with Gasteiger partial charge in [-0.15, -0.1) is 0 Å². The molecule has 1 aliphatic heterocycles. The maximum atomic E-state index is 12.1. The minimum absolute atomic E-state index is 0.0836. The lowest BCUT2D eigenvalue weighted by molar-refractivity contribution is -0.139. The molecule has 0 aromatic heterocycles. The first-order valence-electron chi connectivity index (χ1n) is 5.81. The van der Waals surface area contributed by atoms with Crippen molar-refractivity contribution in [2.24, 2.45) is 0 Å². The van der Waals surface area contributed by atoms with E-state index in [2.05, 4.69) is 12.6 Å². The van der Waals surface area contributed by atoms with E-state index in [-0.39, 0.29) is 17.6 Å². The number of aliphatic carboxylic acids is 1. The van der Waals surface area contributed by atoms with E-state index >= 15 is 0 Å². The smallest absolute Gasteiger partial charge is 0.327 e. The van der Waals surface area contributed by atoms with Crippen LogP contribution in [0.5, 0.6) is 0 Å². The molecule has 1 amide bonds. The van der Waals surface area contributed by atoms with Crippen LogP contribution < -0.4 is 4.90 Å². The number of anilines is 1. The molecule has 2 rings (SSSR count). The van der Waals surface area contributed by atoms with Gasteiger partial charge in [-0.25, -0.2) is 4.79 Å². The Morgan fingerprint density at radius 1 is 1.50 bits per heavy atom. The molecule has 0 aliphatic carbocycles. The van der Waals surface area contributed by atoms with E-state index in [1.807, 2.05) is 25.1 Å². The third-order valence-corrected chi connectivity index (χ3v) is 3.18. The summed E-state index contributed by atoms with van der Waals surface area (Å²) in [6.45, 7) is 1.82. The molecule has 1 N–H and O–H groups in total. The Bertz CT molecular complexity index is 487. The second-order valence-corrected chi connectivity index (χ2v) is 5.39. The van der Waals surface area contributed by atoms with Gasteiger partial charge in [0.15, 0.2) is 0 Å². The fraction of sp³-hybridized carbons (Fsp3) is 0.385. The summed E-state index contributed by atoms with van der Waals surface area (Å²) in [7, 11) is 0. The maximum Gasteiger partial charge on any atom is 0.327 e. The van der Waals surface area contributed by atoms with Gasteiger partial charge in [-0.2, -0.15) is 12.6 Å². The molecular weight excluding hydrogens is 250 g/mol. The number of thiol groups is 1. The van der Waals surface area contributed by atoms with Gasteiger partial charge in [-0.05, 0) is 11.6 Å². The average molecular weight is 265 g/mol. The summed E-state index contributed by atoms with van der Waals surface area (Å²) < 4.78 is 0. The Kier molecular flexibility index (Phi) is 3.61. The summed E-state index contributed by atoms with van der Waals surface area (Å²) in [5.41, 5.74) is 1.62. The third-order valence-electron chi connectivity index (χ3n) is 3.00. The molecule has 2 unspecified atom stereocenters. The molecule has 96 valence electrons. The van der Waals surface area contributed by atoms with Gasteiger partial charge >= 0.3 is 5.97 Å². The highest BCUT2D eigenvalue weighted by atomic mass is 32.1. The first-order chi connectivity index (χ1) is 8.50. The molecule has 0 spiro atoms. The highest BCUT2D eigenvalue weighted by molar-refractivity contribution is 7.80. The zero-order valence-corrected chi connectivity index (χ0v) is 10.9. The molecule has 0 bridgehead atoms. The van der Waals surface area contributed by atoms with Crippen LogP contribution >= 0.6 is 12.6 Å². The van der Waals surface area contributed by atoms with Crippen molar-refractivity contribution in [3.8, 4) is 0 Å². The van der Waals surface area contributed by atoms with Gasteiger partial charge in [0.1, 0.15) is 6.04 Å². The summed E-state index contributed by atoms with van der Waals surface area (Å²) in [4.78, 5) is 24.8. The number of hydrogen-bond acceptors (Lipinski definition) is 3. The van der Waals surface area contributed by atoms with Crippen molar-refractivity contribution in [2.45, 2.75) is 31.1 Å². The van der Waals surface area contributed by atoms with Crippen molar-refractivity contribution in [1.29, 1.82) is 0 Å². The van der Waals surface area contributed by atoms with Crippen LogP contribution in [0.15, 0.2) is 24.3 Å². The molecule has 1 aromatic carbocycles. The van der Waals surface area contributed by atoms with Crippen molar-refractivity contribution in [3.05, 3.63) is 29.8 Å². The number of fused-ring (bicyclic) bond motifs is 1. The SMILES string of the molecule is CC(S)CC(=O)N1c2ccccc2CC1C(=O)O. The van der Waals surface area contributed by atoms with E-state index < -0.39 is 12.0 Å².